The molecule has 2 N–H and O–H groups in total. The van der Waals surface area contributed by atoms with Crippen LogP contribution in [-0.4, -0.2) is 6.04 Å². The summed E-state index contributed by atoms with van der Waals surface area (Å²) in [6.45, 7) is 4.15. The van der Waals surface area contributed by atoms with Crippen LogP contribution in [0.2, 0.25) is 5.02 Å². The molecule has 2 aromatic rings. The quantitative estimate of drug-likeness (QED) is 0.893. The van der Waals surface area contributed by atoms with Gasteiger partial charge < -0.3 is 5.73 Å². The van der Waals surface area contributed by atoms with Crippen molar-refractivity contribution in [3.8, 4) is 0 Å². The Morgan fingerprint density at radius 1 is 1.00 bits per heavy atom. The second-order valence-corrected chi connectivity index (χ2v) is 5.66. The molecule has 2 rings (SSSR count). The van der Waals surface area contributed by atoms with E-state index in [0.717, 1.165) is 23.4 Å². The van der Waals surface area contributed by atoms with Crippen molar-refractivity contribution in [2.45, 2.75) is 32.7 Å². The number of aryl methyl sites for hydroxylation is 2. The van der Waals surface area contributed by atoms with E-state index in [1.54, 1.807) is 0 Å². The topological polar surface area (TPSA) is 26.0 Å². The first-order valence-electron chi connectivity index (χ1n) is 6.61. The summed E-state index contributed by atoms with van der Waals surface area (Å²) in [5.74, 6) is 0. The molecule has 2 aromatic carbocycles. The summed E-state index contributed by atoms with van der Waals surface area (Å²) in [4.78, 5) is 0. The average molecular weight is 274 g/mol. The highest BCUT2D eigenvalue weighted by Crippen LogP contribution is 2.19. The van der Waals surface area contributed by atoms with Crippen LogP contribution in [0.15, 0.2) is 42.5 Å². The second-order valence-electron chi connectivity index (χ2n) is 5.25. The lowest BCUT2D eigenvalue weighted by atomic mass is 9.98. The normalized spacial score (nSPS) is 12.4. The largest absolute Gasteiger partial charge is 0.327 e. The predicted octanol–water partition coefficient (Wildman–Crippen LogP) is 4.07. The van der Waals surface area contributed by atoms with Crippen LogP contribution >= 0.6 is 11.6 Å². The molecule has 0 aliphatic rings. The Labute approximate surface area is 120 Å². The third-order valence-electron chi connectivity index (χ3n) is 3.27. The summed E-state index contributed by atoms with van der Waals surface area (Å²) < 4.78 is 0. The molecule has 1 unspecified atom stereocenters. The molecule has 0 saturated heterocycles. The van der Waals surface area contributed by atoms with Gasteiger partial charge >= 0.3 is 0 Å². The van der Waals surface area contributed by atoms with E-state index >= 15 is 0 Å². The molecule has 0 aliphatic heterocycles. The highest BCUT2D eigenvalue weighted by Gasteiger charge is 2.08. The van der Waals surface area contributed by atoms with Crippen LogP contribution < -0.4 is 5.73 Å². The van der Waals surface area contributed by atoms with Gasteiger partial charge in [0.05, 0.1) is 0 Å². The summed E-state index contributed by atoms with van der Waals surface area (Å²) in [5, 5.41) is 0.819. The molecule has 100 valence electrons. The third kappa shape index (κ3) is 4.09. The van der Waals surface area contributed by atoms with Crippen molar-refractivity contribution in [1.29, 1.82) is 0 Å². The van der Waals surface area contributed by atoms with Gasteiger partial charge in [0.2, 0.25) is 0 Å². The van der Waals surface area contributed by atoms with Crippen LogP contribution in [-0.2, 0) is 12.8 Å². The summed E-state index contributed by atoms with van der Waals surface area (Å²) >= 11 is 6.25. The van der Waals surface area contributed by atoms with E-state index in [1.165, 1.54) is 16.7 Å². The molecule has 2 heteroatoms. The SMILES string of the molecule is Cc1cccc(CC(N)Cc2ccc(C)cc2Cl)c1. The van der Waals surface area contributed by atoms with Gasteiger partial charge in [0.15, 0.2) is 0 Å². The number of nitrogens with two attached hydrogens (primary N) is 1. The lowest BCUT2D eigenvalue weighted by Crippen LogP contribution is -2.25. The average Bonchev–Trinajstić information content (AvgIpc) is 2.33. The molecule has 0 amide bonds. The molecular weight excluding hydrogens is 254 g/mol. The molecule has 1 atom stereocenters. The van der Waals surface area contributed by atoms with Crippen LogP contribution in [0, 0.1) is 13.8 Å². The maximum absolute atomic E-state index is 6.25. The van der Waals surface area contributed by atoms with Gasteiger partial charge in [0.25, 0.3) is 0 Å². The van der Waals surface area contributed by atoms with Crippen LogP contribution in [0.5, 0.6) is 0 Å². The van der Waals surface area contributed by atoms with Crippen molar-refractivity contribution in [2.24, 2.45) is 5.73 Å². The molecule has 0 radical (unpaired) electrons. The van der Waals surface area contributed by atoms with Gasteiger partial charge in [-0.15, -0.1) is 0 Å². The van der Waals surface area contributed by atoms with Gasteiger partial charge in [-0.2, -0.15) is 0 Å². The molecule has 0 saturated carbocycles. The minimum Gasteiger partial charge on any atom is -0.327 e. The highest BCUT2D eigenvalue weighted by molar-refractivity contribution is 6.31. The molecular formula is C17H20ClN. The Kier molecular flexibility index (Phi) is 4.62. The van der Waals surface area contributed by atoms with E-state index in [-0.39, 0.29) is 6.04 Å². The van der Waals surface area contributed by atoms with Gasteiger partial charge in [-0.3, -0.25) is 0 Å². The van der Waals surface area contributed by atoms with Crippen molar-refractivity contribution >= 4 is 11.6 Å². The molecule has 0 heterocycles. The van der Waals surface area contributed by atoms with E-state index in [4.69, 9.17) is 17.3 Å². The first kappa shape index (κ1) is 14.1. The number of hydrogen-bond donors (Lipinski definition) is 1. The standard InChI is InChI=1S/C17H20ClN/c1-12-4-3-5-14(8-12)10-16(19)11-15-7-6-13(2)9-17(15)18/h3-9,16H,10-11,19H2,1-2H3. The fourth-order valence-electron chi connectivity index (χ4n) is 2.31. The molecule has 0 aliphatic carbocycles. The van der Waals surface area contributed by atoms with Gasteiger partial charge in [-0.05, 0) is 49.4 Å². The zero-order valence-electron chi connectivity index (χ0n) is 11.5. The van der Waals surface area contributed by atoms with Crippen molar-refractivity contribution in [1.82, 2.24) is 0 Å². The van der Waals surface area contributed by atoms with E-state index in [1.807, 2.05) is 13.0 Å². The Balaban J connectivity index is 2.03. The van der Waals surface area contributed by atoms with E-state index < -0.39 is 0 Å². The molecule has 0 aromatic heterocycles. The van der Waals surface area contributed by atoms with Crippen LogP contribution in [0.4, 0.5) is 0 Å². The number of halogens is 1. The minimum absolute atomic E-state index is 0.0991. The van der Waals surface area contributed by atoms with Gasteiger partial charge in [0, 0.05) is 11.1 Å². The fourth-order valence-corrected chi connectivity index (χ4v) is 2.63. The zero-order chi connectivity index (χ0) is 13.8. The number of hydrogen-bond acceptors (Lipinski definition) is 1. The lowest BCUT2D eigenvalue weighted by Gasteiger charge is -2.13. The molecule has 19 heavy (non-hydrogen) atoms. The Morgan fingerprint density at radius 2 is 1.74 bits per heavy atom. The van der Waals surface area contributed by atoms with Gasteiger partial charge in [-0.25, -0.2) is 0 Å². The third-order valence-corrected chi connectivity index (χ3v) is 3.62. The summed E-state index contributed by atoms with van der Waals surface area (Å²) in [6, 6.07) is 14.8. The Morgan fingerprint density at radius 3 is 2.42 bits per heavy atom. The zero-order valence-corrected chi connectivity index (χ0v) is 12.2. The smallest absolute Gasteiger partial charge is 0.0441 e. The number of rotatable bonds is 4. The first-order valence-corrected chi connectivity index (χ1v) is 6.98. The summed E-state index contributed by atoms with van der Waals surface area (Å²) in [6.07, 6.45) is 1.69. The minimum atomic E-state index is 0.0991. The van der Waals surface area contributed by atoms with Gasteiger partial charge in [0.1, 0.15) is 0 Å². The molecule has 0 fully saturated rings. The first-order chi connectivity index (χ1) is 9.04. The summed E-state index contributed by atoms with van der Waals surface area (Å²) in [7, 11) is 0. The van der Waals surface area contributed by atoms with Crippen molar-refractivity contribution < 1.29 is 0 Å². The highest BCUT2D eigenvalue weighted by atomic mass is 35.5. The Bertz CT molecular complexity index is 563. The summed E-state index contributed by atoms with van der Waals surface area (Å²) in [5.41, 5.74) is 11.1. The number of benzene rings is 2. The molecule has 1 nitrogen and oxygen atoms in total. The maximum Gasteiger partial charge on any atom is 0.0441 e. The van der Waals surface area contributed by atoms with E-state index in [9.17, 15) is 0 Å². The van der Waals surface area contributed by atoms with Crippen molar-refractivity contribution in [3.63, 3.8) is 0 Å². The van der Waals surface area contributed by atoms with Crippen molar-refractivity contribution in [3.05, 3.63) is 69.7 Å². The molecule has 0 spiro atoms. The van der Waals surface area contributed by atoms with Gasteiger partial charge in [-0.1, -0.05) is 53.6 Å². The van der Waals surface area contributed by atoms with Crippen LogP contribution in [0.25, 0.3) is 0 Å². The van der Waals surface area contributed by atoms with Crippen LogP contribution in [0.1, 0.15) is 22.3 Å². The van der Waals surface area contributed by atoms with Crippen LogP contribution in [0.3, 0.4) is 0 Å². The molecule has 0 bridgehead atoms. The second kappa shape index (κ2) is 6.23. The van der Waals surface area contributed by atoms with E-state index in [0.29, 0.717) is 0 Å². The predicted molar refractivity (Wildman–Crippen MR) is 82.8 cm³/mol. The maximum atomic E-state index is 6.25. The van der Waals surface area contributed by atoms with E-state index in [2.05, 4.69) is 43.3 Å². The lowest BCUT2D eigenvalue weighted by molar-refractivity contribution is 0.664. The van der Waals surface area contributed by atoms with Crippen molar-refractivity contribution in [2.75, 3.05) is 0 Å². The fraction of sp³-hybridized carbons (Fsp3) is 0.294. The Hall–Kier alpha value is -1.31. The monoisotopic (exact) mass is 273 g/mol.